The van der Waals surface area contributed by atoms with Gasteiger partial charge in [0.25, 0.3) is 0 Å². The second-order valence-electron chi connectivity index (χ2n) is 3.06. The first kappa shape index (κ1) is 11.4. The maximum atomic E-state index is 9.20. The van der Waals surface area contributed by atoms with E-state index in [2.05, 4.69) is 10.3 Å². The fourth-order valence-electron chi connectivity index (χ4n) is 1.30. The molecular weight excluding hydrogens is 252 g/mol. The molecule has 1 aromatic heterocycles. The summed E-state index contributed by atoms with van der Waals surface area (Å²) >= 11 is 11.4. The zero-order valence-electron chi connectivity index (χ0n) is 7.88. The predicted molar refractivity (Wildman–Crippen MR) is 61.2 cm³/mol. The highest BCUT2D eigenvalue weighted by molar-refractivity contribution is 6.60. The van der Waals surface area contributed by atoms with Gasteiger partial charge in [0.05, 0.1) is 11.9 Å². The molecule has 1 heterocycles. The Balaban J connectivity index is 2.56. The second-order valence-corrected chi connectivity index (χ2v) is 3.89. The molecule has 16 heavy (non-hydrogen) atoms. The van der Waals surface area contributed by atoms with Crippen LogP contribution in [-0.2, 0) is 0 Å². The number of rotatable bonds is 2. The van der Waals surface area contributed by atoms with Crippen molar-refractivity contribution >= 4 is 35.8 Å². The Hall–Kier alpha value is -1.08. The van der Waals surface area contributed by atoms with Gasteiger partial charge in [0, 0.05) is 10.5 Å². The predicted octanol–water partition coefficient (Wildman–Crippen LogP) is 0.254. The molecule has 0 amide bonds. The smallest absolute Gasteiger partial charge is 0.423 e. The van der Waals surface area contributed by atoms with Gasteiger partial charge in [-0.05, 0) is 18.2 Å². The van der Waals surface area contributed by atoms with E-state index in [1.807, 2.05) is 0 Å². The van der Waals surface area contributed by atoms with Gasteiger partial charge in [-0.15, -0.1) is 5.10 Å². The minimum Gasteiger partial charge on any atom is -0.423 e. The molecule has 2 N–H and O–H groups in total. The molecule has 0 aliphatic rings. The van der Waals surface area contributed by atoms with E-state index in [1.54, 1.807) is 12.1 Å². The third kappa shape index (κ3) is 2.20. The van der Waals surface area contributed by atoms with Crippen LogP contribution in [0.25, 0.3) is 5.69 Å². The van der Waals surface area contributed by atoms with Crippen LogP contribution in [0.15, 0.2) is 24.4 Å². The fraction of sp³-hybridized carbons (Fsp3) is 0. The van der Waals surface area contributed by atoms with Gasteiger partial charge in [-0.2, -0.15) is 0 Å². The van der Waals surface area contributed by atoms with E-state index in [9.17, 15) is 10.0 Å². The van der Waals surface area contributed by atoms with Crippen molar-refractivity contribution in [3.05, 3.63) is 34.6 Å². The lowest BCUT2D eigenvalue weighted by Gasteiger charge is -2.08. The van der Waals surface area contributed by atoms with Crippen LogP contribution in [0.4, 0.5) is 0 Å². The van der Waals surface area contributed by atoms with Gasteiger partial charge in [0.1, 0.15) is 0 Å². The van der Waals surface area contributed by atoms with Crippen molar-refractivity contribution in [3.63, 3.8) is 0 Å². The van der Waals surface area contributed by atoms with Crippen LogP contribution in [0.5, 0.6) is 0 Å². The molecule has 82 valence electrons. The molecule has 0 fully saturated rings. The topological polar surface area (TPSA) is 71.2 Å². The van der Waals surface area contributed by atoms with Crippen molar-refractivity contribution in [1.82, 2.24) is 15.0 Å². The average molecular weight is 258 g/mol. The van der Waals surface area contributed by atoms with Gasteiger partial charge >= 0.3 is 7.12 Å². The summed E-state index contributed by atoms with van der Waals surface area (Å²) in [6, 6.07) is 4.65. The number of halogens is 2. The molecule has 0 spiro atoms. The molecule has 5 nitrogen and oxygen atoms in total. The van der Waals surface area contributed by atoms with Gasteiger partial charge < -0.3 is 10.0 Å². The second kappa shape index (κ2) is 4.43. The molecule has 0 bridgehead atoms. The molecule has 2 aromatic rings. The standard InChI is InChI=1S/C8H6BCl2N3O2/c10-5-1-2-7(6(3-5)9(15)16)14-4-8(11)12-13-14/h1-4,15-16H. The van der Waals surface area contributed by atoms with Gasteiger partial charge in [0.15, 0.2) is 5.15 Å². The Kier molecular flexibility index (Phi) is 3.16. The van der Waals surface area contributed by atoms with Crippen molar-refractivity contribution in [1.29, 1.82) is 0 Å². The fourth-order valence-corrected chi connectivity index (χ4v) is 1.61. The van der Waals surface area contributed by atoms with Gasteiger partial charge in [0.2, 0.25) is 0 Å². The van der Waals surface area contributed by atoms with E-state index in [-0.39, 0.29) is 10.6 Å². The third-order valence-electron chi connectivity index (χ3n) is 1.98. The Morgan fingerprint density at radius 2 is 2.00 bits per heavy atom. The van der Waals surface area contributed by atoms with Crippen molar-refractivity contribution in [2.45, 2.75) is 0 Å². The van der Waals surface area contributed by atoms with Crippen LogP contribution in [0.2, 0.25) is 10.2 Å². The van der Waals surface area contributed by atoms with Crippen LogP contribution in [0.1, 0.15) is 0 Å². The van der Waals surface area contributed by atoms with Crippen LogP contribution in [0, 0.1) is 0 Å². The Morgan fingerprint density at radius 3 is 2.56 bits per heavy atom. The maximum absolute atomic E-state index is 9.20. The van der Waals surface area contributed by atoms with Crippen molar-refractivity contribution in [3.8, 4) is 5.69 Å². The Labute approximate surface area is 101 Å². The zero-order valence-corrected chi connectivity index (χ0v) is 9.39. The SMILES string of the molecule is OB(O)c1cc(Cl)ccc1-n1cc(Cl)nn1. The molecule has 0 atom stereocenters. The van der Waals surface area contributed by atoms with Crippen LogP contribution < -0.4 is 5.46 Å². The van der Waals surface area contributed by atoms with E-state index in [4.69, 9.17) is 23.2 Å². The number of benzene rings is 1. The van der Waals surface area contributed by atoms with E-state index >= 15 is 0 Å². The van der Waals surface area contributed by atoms with E-state index in [1.165, 1.54) is 16.9 Å². The highest BCUT2D eigenvalue weighted by Crippen LogP contribution is 2.12. The Bertz CT molecular complexity index is 518. The summed E-state index contributed by atoms with van der Waals surface area (Å²) in [6.45, 7) is 0. The summed E-state index contributed by atoms with van der Waals surface area (Å²) in [4.78, 5) is 0. The van der Waals surface area contributed by atoms with E-state index in [0.29, 0.717) is 10.7 Å². The van der Waals surface area contributed by atoms with Gasteiger partial charge in [-0.3, -0.25) is 0 Å². The molecule has 1 aromatic carbocycles. The summed E-state index contributed by atoms with van der Waals surface area (Å²) in [5.41, 5.74) is 0.688. The molecule has 2 rings (SSSR count). The lowest BCUT2D eigenvalue weighted by Crippen LogP contribution is -2.33. The highest BCUT2D eigenvalue weighted by atomic mass is 35.5. The van der Waals surface area contributed by atoms with Crippen LogP contribution in [0.3, 0.4) is 0 Å². The molecule has 0 saturated carbocycles. The number of hydrogen-bond acceptors (Lipinski definition) is 4. The molecular formula is C8H6BCl2N3O2. The third-order valence-corrected chi connectivity index (χ3v) is 2.39. The van der Waals surface area contributed by atoms with Crippen molar-refractivity contribution in [2.75, 3.05) is 0 Å². The lowest BCUT2D eigenvalue weighted by atomic mass is 9.79. The lowest BCUT2D eigenvalue weighted by molar-refractivity contribution is 0.425. The number of nitrogens with zero attached hydrogens (tertiary/aromatic N) is 3. The first-order valence-corrected chi connectivity index (χ1v) is 5.07. The molecule has 0 aliphatic carbocycles. The van der Waals surface area contributed by atoms with Crippen LogP contribution >= 0.6 is 23.2 Å². The monoisotopic (exact) mass is 257 g/mol. The quantitative estimate of drug-likeness (QED) is 0.757. The number of aromatic nitrogens is 3. The first-order chi connectivity index (χ1) is 7.58. The van der Waals surface area contributed by atoms with Gasteiger partial charge in [-0.25, -0.2) is 4.68 Å². The Morgan fingerprint density at radius 1 is 1.25 bits per heavy atom. The summed E-state index contributed by atoms with van der Waals surface area (Å²) in [5, 5.41) is 26.3. The molecule has 0 unspecified atom stereocenters. The summed E-state index contributed by atoms with van der Waals surface area (Å²) in [7, 11) is -1.64. The minimum atomic E-state index is -1.64. The minimum absolute atomic E-state index is 0.216. The molecule has 0 saturated heterocycles. The van der Waals surface area contributed by atoms with Gasteiger partial charge in [-0.1, -0.05) is 28.4 Å². The average Bonchev–Trinajstić information content (AvgIpc) is 2.64. The summed E-state index contributed by atoms with van der Waals surface area (Å²) < 4.78 is 1.34. The molecule has 0 aliphatic heterocycles. The zero-order chi connectivity index (χ0) is 11.7. The molecule has 8 heteroatoms. The van der Waals surface area contributed by atoms with Crippen molar-refractivity contribution < 1.29 is 10.0 Å². The summed E-state index contributed by atoms with van der Waals surface area (Å²) in [6.07, 6.45) is 1.46. The molecule has 0 radical (unpaired) electrons. The largest absolute Gasteiger partial charge is 0.490 e. The summed E-state index contributed by atoms with van der Waals surface area (Å²) in [5.74, 6) is 0. The maximum Gasteiger partial charge on any atom is 0.490 e. The number of hydrogen-bond donors (Lipinski definition) is 2. The highest BCUT2D eigenvalue weighted by Gasteiger charge is 2.18. The van der Waals surface area contributed by atoms with E-state index in [0.717, 1.165) is 0 Å². The normalized spacial score (nSPS) is 10.5. The first-order valence-electron chi connectivity index (χ1n) is 4.32. The van der Waals surface area contributed by atoms with E-state index < -0.39 is 7.12 Å². The van der Waals surface area contributed by atoms with Crippen molar-refractivity contribution in [2.24, 2.45) is 0 Å². The van der Waals surface area contributed by atoms with Crippen LogP contribution in [-0.4, -0.2) is 32.2 Å².